The zero-order chi connectivity index (χ0) is 57.5. The van der Waals surface area contributed by atoms with E-state index in [1.165, 1.54) is 38.9 Å². The fraction of sp³-hybridized carbons (Fsp3) is 0.176. The third kappa shape index (κ3) is 15.2. The van der Waals surface area contributed by atoms with Crippen LogP contribution in [-0.2, 0) is 37.7 Å². The lowest BCUT2D eigenvalue weighted by atomic mass is 9.82. The third-order valence-electron chi connectivity index (χ3n) is 13.9. The van der Waals surface area contributed by atoms with Gasteiger partial charge in [0, 0.05) is 67.4 Å². The van der Waals surface area contributed by atoms with Gasteiger partial charge in [-0.3, -0.25) is 9.59 Å². The summed E-state index contributed by atoms with van der Waals surface area (Å²) in [6.45, 7) is 16.6. The number of amides is 2. The highest BCUT2D eigenvalue weighted by Crippen LogP contribution is 2.34. The predicted molar refractivity (Wildman–Crippen MR) is 324 cm³/mol. The zero-order valence-electron chi connectivity index (χ0n) is 45.7. The molecular formula is C68H62Br2N4O6. The molecule has 0 aliphatic rings. The summed E-state index contributed by atoms with van der Waals surface area (Å²) in [4.78, 5) is 58.5. The minimum atomic E-state index is -0.0784. The van der Waals surface area contributed by atoms with Crippen LogP contribution >= 0.6 is 31.9 Å². The Morgan fingerprint density at radius 1 is 0.487 bits per heavy atom. The van der Waals surface area contributed by atoms with Crippen molar-refractivity contribution in [3.63, 3.8) is 0 Å². The highest BCUT2D eigenvalue weighted by atomic mass is 79.9. The van der Waals surface area contributed by atoms with E-state index in [2.05, 4.69) is 208 Å². The zero-order valence-corrected chi connectivity index (χ0v) is 48.9. The molecule has 0 unspecified atom stereocenters. The van der Waals surface area contributed by atoms with Crippen LogP contribution in [-0.4, -0.2) is 33.3 Å². The van der Waals surface area contributed by atoms with Gasteiger partial charge in [-0.15, -0.1) is 0 Å². The quantitative estimate of drug-likeness (QED) is 0.125. The molecule has 10 rings (SSSR count). The monoisotopic (exact) mass is 1190 g/mol. The molecule has 0 aliphatic heterocycles. The van der Waals surface area contributed by atoms with Crippen molar-refractivity contribution in [2.45, 2.75) is 79.1 Å². The number of hydrogen-bond acceptors (Lipinski definition) is 6. The maximum atomic E-state index is 13.1. The average molecular weight is 1190 g/mol. The van der Waals surface area contributed by atoms with Gasteiger partial charge in [-0.2, -0.15) is 19.2 Å². The molecule has 0 saturated carbocycles. The average Bonchev–Trinajstić information content (AvgIpc) is 4.00. The Hall–Kier alpha value is -8.50. The first-order valence-corrected chi connectivity index (χ1v) is 27.6. The minimum absolute atomic E-state index is 0.0639. The molecule has 2 aromatic heterocycles. The van der Waals surface area contributed by atoms with Crippen molar-refractivity contribution in [3.8, 4) is 22.3 Å². The first kappa shape index (κ1) is 59.2. The smallest absolute Gasteiger partial charge is 0.346 e. The van der Waals surface area contributed by atoms with Crippen molar-refractivity contribution in [2.75, 3.05) is 0 Å². The van der Waals surface area contributed by atoms with Crippen LogP contribution in [0.1, 0.15) is 106 Å². The molecule has 0 saturated heterocycles. The van der Waals surface area contributed by atoms with Gasteiger partial charge in [-0.25, -0.2) is 0 Å². The highest BCUT2D eigenvalue weighted by molar-refractivity contribution is 9.10. The van der Waals surface area contributed by atoms with Crippen LogP contribution in [0, 0.1) is 13.8 Å². The fourth-order valence-corrected chi connectivity index (χ4v) is 10.3. The van der Waals surface area contributed by atoms with Crippen LogP contribution in [0.5, 0.6) is 0 Å². The number of hydrogen-bond donors (Lipinski definition) is 2. The summed E-state index contributed by atoms with van der Waals surface area (Å²) < 4.78 is 6.58. The Balaban J connectivity index is 0.000000211. The topological polar surface area (TPSA) is 136 Å². The van der Waals surface area contributed by atoms with E-state index in [1.54, 1.807) is 0 Å². The maximum absolute atomic E-state index is 13.1. The molecule has 404 valence electrons. The van der Waals surface area contributed by atoms with E-state index in [4.69, 9.17) is 19.2 Å². The van der Waals surface area contributed by atoms with Crippen molar-refractivity contribution in [2.24, 2.45) is 0 Å². The fourth-order valence-electron chi connectivity index (χ4n) is 9.73. The van der Waals surface area contributed by atoms with E-state index in [9.17, 15) is 9.59 Å². The summed E-state index contributed by atoms with van der Waals surface area (Å²) in [6.07, 6.45) is 4.85. The molecule has 0 radical (unpaired) electrons. The van der Waals surface area contributed by atoms with E-state index in [0.29, 0.717) is 11.1 Å². The standard InChI is InChI=1S/C35H35BrN2O.C31H27BrN2O.2CO2/c1-23-21-38(22-25-10-12-27(13-11-25)30-8-6-7-9-32(30)35(3,4)5)33-19-16-28(20-31(23)33)34(39)37-24(2)26-14-17-29(36)18-15-26;1-21-19-34(20-23-8-10-26(11-9-23)25-6-4-3-5-7-25)30-17-14-27(18-29(21)30)31(35)33-22(2)24-12-15-28(32)16-13-24;2*2-1-3/h6-21,24H,22H2,1-5H3,(H,37,39);3-19,22H,20H2,1-2H3,(H,33,35);;/t24-;22-;;/m00../s1. The molecule has 2 heterocycles. The Labute approximate surface area is 484 Å². The van der Waals surface area contributed by atoms with Crippen LogP contribution in [0.25, 0.3) is 44.1 Å². The van der Waals surface area contributed by atoms with Gasteiger partial charge >= 0.3 is 12.3 Å². The predicted octanol–water partition coefficient (Wildman–Crippen LogP) is 16.0. The molecule has 2 amide bonds. The number of carbonyl (C=O) groups is 2. The van der Waals surface area contributed by atoms with Crippen molar-refractivity contribution in [3.05, 3.63) is 259 Å². The van der Waals surface area contributed by atoms with E-state index in [1.807, 2.05) is 92.7 Å². The minimum Gasteiger partial charge on any atom is -0.346 e. The van der Waals surface area contributed by atoms with Crippen molar-refractivity contribution in [1.82, 2.24) is 19.8 Å². The first-order valence-electron chi connectivity index (χ1n) is 26.0. The van der Waals surface area contributed by atoms with E-state index in [0.717, 1.165) is 66.1 Å². The summed E-state index contributed by atoms with van der Waals surface area (Å²) in [7, 11) is 0. The third-order valence-corrected chi connectivity index (χ3v) is 14.9. The molecule has 2 N–H and O–H groups in total. The van der Waals surface area contributed by atoms with Gasteiger partial charge < -0.3 is 19.8 Å². The lowest BCUT2D eigenvalue weighted by Crippen LogP contribution is -2.26. The first-order chi connectivity index (χ1) is 38.4. The molecule has 10 nitrogen and oxygen atoms in total. The van der Waals surface area contributed by atoms with Gasteiger partial charge in [-0.05, 0) is 155 Å². The summed E-state index contributed by atoms with van der Waals surface area (Å²) in [5.41, 5.74) is 17.0. The summed E-state index contributed by atoms with van der Waals surface area (Å²) in [6, 6.07) is 64.6. The molecule has 10 aromatic rings. The van der Waals surface area contributed by atoms with Gasteiger partial charge in [0.05, 0.1) is 12.1 Å². The largest absolute Gasteiger partial charge is 0.373 e. The van der Waals surface area contributed by atoms with E-state index >= 15 is 0 Å². The number of fused-ring (bicyclic) bond motifs is 2. The van der Waals surface area contributed by atoms with Gasteiger partial charge in [0.1, 0.15) is 0 Å². The van der Waals surface area contributed by atoms with Crippen LogP contribution in [0.3, 0.4) is 0 Å². The number of aromatic nitrogens is 2. The molecule has 2 atom stereocenters. The van der Waals surface area contributed by atoms with E-state index in [-0.39, 0.29) is 41.6 Å². The summed E-state index contributed by atoms with van der Waals surface area (Å²) in [5.74, 6) is -0.128. The summed E-state index contributed by atoms with van der Waals surface area (Å²) in [5, 5.41) is 8.47. The molecule has 80 heavy (non-hydrogen) atoms. The van der Waals surface area contributed by atoms with Gasteiger partial charge in [0.25, 0.3) is 11.8 Å². The number of carbonyl (C=O) groups excluding carboxylic acids is 6. The number of halogens is 2. The number of rotatable bonds is 12. The maximum Gasteiger partial charge on any atom is 0.373 e. The van der Waals surface area contributed by atoms with Crippen molar-refractivity contribution in [1.29, 1.82) is 0 Å². The van der Waals surface area contributed by atoms with Crippen molar-refractivity contribution < 1.29 is 28.8 Å². The lowest BCUT2D eigenvalue weighted by Gasteiger charge is -2.23. The lowest BCUT2D eigenvalue weighted by molar-refractivity contribution is -0.193. The van der Waals surface area contributed by atoms with Crippen LogP contribution in [0.15, 0.2) is 209 Å². The number of aryl methyl sites for hydroxylation is 2. The second-order valence-electron chi connectivity index (χ2n) is 20.6. The van der Waals surface area contributed by atoms with Crippen LogP contribution < -0.4 is 10.6 Å². The normalized spacial score (nSPS) is 11.5. The second kappa shape index (κ2) is 27.4. The number of benzene rings is 8. The number of nitrogens with one attached hydrogen (secondary N) is 2. The Bertz CT molecular complexity index is 3780. The molecule has 0 spiro atoms. The number of nitrogens with zero attached hydrogens (tertiary/aromatic N) is 2. The Morgan fingerprint density at radius 3 is 1.27 bits per heavy atom. The van der Waals surface area contributed by atoms with Gasteiger partial charge in [0.2, 0.25) is 0 Å². The SMILES string of the molecule is Cc1cn(Cc2ccc(-c3ccccc3)cc2)c2ccc(C(=O)N[C@@H](C)c3ccc(Br)cc3)cc12.Cc1cn(Cc2ccc(-c3ccccc3C(C)(C)C)cc2)c2ccc(C(=O)N[C@@H](C)c3ccc(Br)cc3)cc12.O=C=O.O=C=O. The van der Waals surface area contributed by atoms with Crippen molar-refractivity contribution >= 4 is 77.8 Å². The molecule has 0 aliphatic carbocycles. The highest BCUT2D eigenvalue weighted by Gasteiger charge is 2.19. The van der Waals surface area contributed by atoms with E-state index < -0.39 is 0 Å². The van der Waals surface area contributed by atoms with Gasteiger partial charge in [0.15, 0.2) is 0 Å². The second-order valence-corrected chi connectivity index (χ2v) is 22.4. The Morgan fingerprint density at radius 2 is 0.863 bits per heavy atom. The summed E-state index contributed by atoms with van der Waals surface area (Å²) >= 11 is 6.92. The molecule has 8 aromatic carbocycles. The Kier molecular flexibility index (Phi) is 20.3. The van der Waals surface area contributed by atoms with Crippen LogP contribution in [0.4, 0.5) is 0 Å². The molecule has 0 fully saturated rings. The molecule has 12 heteroatoms. The molecular weight excluding hydrogens is 1130 g/mol. The van der Waals surface area contributed by atoms with Crippen LogP contribution in [0.2, 0.25) is 0 Å². The van der Waals surface area contributed by atoms with Gasteiger partial charge in [-0.1, -0.05) is 180 Å². The molecule has 0 bridgehead atoms.